The fraction of sp³-hybridized carbons (Fsp3) is 0.125. The Labute approximate surface area is 70.4 Å². The fourth-order valence-corrected chi connectivity index (χ4v) is 1.10. The first kappa shape index (κ1) is 7.96. The molecule has 0 amide bonds. The predicted molar refractivity (Wildman–Crippen MR) is 48.3 cm³/mol. The lowest BCUT2D eigenvalue weighted by atomic mass is 10.2. The van der Waals surface area contributed by atoms with E-state index in [1.54, 1.807) is 12.1 Å². The van der Waals surface area contributed by atoms with Crippen LogP contribution in [0.15, 0.2) is 24.3 Å². The van der Waals surface area contributed by atoms with Gasteiger partial charge in [-0.05, 0) is 24.3 Å². The van der Waals surface area contributed by atoms with Crippen LogP contribution in [0.25, 0.3) is 0 Å². The number of benzene rings is 1. The van der Waals surface area contributed by atoms with E-state index in [-0.39, 0.29) is 0 Å². The topological polar surface area (TPSA) is 35.8 Å². The number of rotatable bonds is 2. The third-order valence-electron chi connectivity index (χ3n) is 1.23. The van der Waals surface area contributed by atoms with E-state index in [1.165, 1.54) is 11.9 Å². The molecule has 0 fully saturated rings. The second-order valence-electron chi connectivity index (χ2n) is 2.00. The maximum Gasteiger partial charge on any atom is 0.0991 e. The molecule has 0 heterocycles. The summed E-state index contributed by atoms with van der Waals surface area (Å²) in [6.07, 6.45) is 1.96. The van der Waals surface area contributed by atoms with E-state index in [1.807, 2.05) is 18.4 Å². The molecular weight excluding hydrogens is 156 g/mol. The van der Waals surface area contributed by atoms with Crippen molar-refractivity contribution in [2.24, 2.45) is 0 Å². The summed E-state index contributed by atoms with van der Waals surface area (Å²) in [5, 5.41) is 8.48. The van der Waals surface area contributed by atoms with Crippen molar-refractivity contribution in [1.29, 1.82) is 5.26 Å². The molecule has 3 heteroatoms. The molecule has 0 aliphatic carbocycles. The molecule has 0 atom stereocenters. The van der Waals surface area contributed by atoms with E-state index in [4.69, 9.17) is 5.26 Å². The summed E-state index contributed by atoms with van der Waals surface area (Å²) in [5.41, 5.74) is 1.72. The summed E-state index contributed by atoms with van der Waals surface area (Å²) >= 11 is 1.54. The minimum atomic E-state index is 0.691. The third kappa shape index (κ3) is 2.17. The summed E-state index contributed by atoms with van der Waals surface area (Å²) in [7, 11) is 0. The van der Waals surface area contributed by atoms with Crippen LogP contribution in [0.3, 0.4) is 0 Å². The van der Waals surface area contributed by atoms with Gasteiger partial charge < -0.3 is 4.72 Å². The maximum atomic E-state index is 8.48. The van der Waals surface area contributed by atoms with Crippen molar-refractivity contribution in [1.82, 2.24) is 0 Å². The first-order valence-electron chi connectivity index (χ1n) is 3.16. The summed E-state index contributed by atoms with van der Waals surface area (Å²) in [4.78, 5) is 0. The van der Waals surface area contributed by atoms with E-state index in [9.17, 15) is 0 Å². The standard InChI is InChI=1S/C8H8N2S/c1-11-10-8-4-2-7(6-9)3-5-8/h2-5,10H,1H3. The van der Waals surface area contributed by atoms with Gasteiger partial charge in [0, 0.05) is 11.9 Å². The SMILES string of the molecule is CSNc1ccc(C#N)cc1. The molecule has 2 nitrogen and oxygen atoms in total. The lowest BCUT2D eigenvalue weighted by molar-refractivity contribution is 1.49. The molecule has 11 heavy (non-hydrogen) atoms. The van der Waals surface area contributed by atoms with Crippen LogP contribution in [0.1, 0.15) is 5.56 Å². The number of nitriles is 1. The molecule has 0 unspecified atom stereocenters. The highest BCUT2D eigenvalue weighted by Gasteiger charge is 1.89. The minimum absolute atomic E-state index is 0.691. The van der Waals surface area contributed by atoms with Gasteiger partial charge in [-0.1, -0.05) is 11.9 Å². The maximum absolute atomic E-state index is 8.48. The molecule has 0 saturated heterocycles. The Kier molecular flexibility index (Phi) is 2.82. The Morgan fingerprint density at radius 3 is 2.45 bits per heavy atom. The van der Waals surface area contributed by atoms with Crippen LogP contribution in [0.4, 0.5) is 5.69 Å². The number of nitrogens with one attached hydrogen (secondary N) is 1. The van der Waals surface area contributed by atoms with Crippen molar-refractivity contribution < 1.29 is 0 Å². The Morgan fingerprint density at radius 2 is 2.00 bits per heavy atom. The van der Waals surface area contributed by atoms with Crippen molar-refractivity contribution in [2.75, 3.05) is 11.0 Å². The molecule has 1 N–H and O–H groups in total. The highest BCUT2D eigenvalue weighted by Crippen LogP contribution is 2.11. The second-order valence-corrected chi connectivity index (χ2v) is 2.61. The van der Waals surface area contributed by atoms with Gasteiger partial charge in [0.2, 0.25) is 0 Å². The molecular formula is C8H8N2S. The summed E-state index contributed by atoms with van der Waals surface area (Å²) in [6.45, 7) is 0. The van der Waals surface area contributed by atoms with E-state index in [0.717, 1.165) is 5.69 Å². The molecule has 0 aliphatic heterocycles. The van der Waals surface area contributed by atoms with E-state index < -0.39 is 0 Å². The van der Waals surface area contributed by atoms with Gasteiger partial charge in [-0.2, -0.15) is 5.26 Å². The normalized spacial score (nSPS) is 8.73. The molecule has 56 valence electrons. The predicted octanol–water partition coefficient (Wildman–Crippen LogP) is 2.25. The summed E-state index contributed by atoms with van der Waals surface area (Å²) in [5.74, 6) is 0. The molecule has 0 bridgehead atoms. The Hall–Kier alpha value is -1.14. The van der Waals surface area contributed by atoms with E-state index in [0.29, 0.717) is 5.56 Å². The highest BCUT2D eigenvalue weighted by molar-refractivity contribution is 7.99. The molecule has 1 aromatic rings. The fourth-order valence-electron chi connectivity index (χ4n) is 0.731. The highest BCUT2D eigenvalue weighted by atomic mass is 32.2. The summed E-state index contributed by atoms with van der Waals surface area (Å²) in [6, 6.07) is 9.41. The van der Waals surface area contributed by atoms with Crippen LogP contribution in [-0.2, 0) is 0 Å². The molecule has 0 spiro atoms. The van der Waals surface area contributed by atoms with Gasteiger partial charge in [-0.3, -0.25) is 0 Å². The molecule has 1 aromatic carbocycles. The van der Waals surface area contributed by atoms with Crippen molar-refractivity contribution in [3.05, 3.63) is 29.8 Å². The Balaban J connectivity index is 2.76. The number of hydrogen-bond acceptors (Lipinski definition) is 3. The quantitative estimate of drug-likeness (QED) is 0.681. The van der Waals surface area contributed by atoms with Crippen molar-refractivity contribution in [2.45, 2.75) is 0 Å². The number of nitrogens with zero attached hydrogens (tertiary/aromatic N) is 1. The monoisotopic (exact) mass is 164 g/mol. The zero-order chi connectivity index (χ0) is 8.10. The van der Waals surface area contributed by atoms with Crippen molar-refractivity contribution in [3.8, 4) is 6.07 Å². The van der Waals surface area contributed by atoms with Crippen LogP contribution < -0.4 is 4.72 Å². The first-order valence-corrected chi connectivity index (χ1v) is 4.38. The van der Waals surface area contributed by atoms with Gasteiger partial charge in [0.1, 0.15) is 0 Å². The third-order valence-corrected chi connectivity index (χ3v) is 1.67. The van der Waals surface area contributed by atoms with Crippen molar-refractivity contribution >= 4 is 17.6 Å². The van der Waals surface area contributed by atoms with E-state index >= 15 is 0 Å². The average molecular weight is 164 g/mol. The number of hydrogen-bond donors (Lipinski definition) is 1. The zero-order valence-corrected chi connectivity index (χ0v) is 6.98. The first-order chi connectivity index (χ1) is 5.36. The van der Waals surface area contributed by atoms with Crippen LogP contribution in [0.2, 0.25) is 0 Å². The van der Waals surface area contributed by atoms with Crippen LogP contribution in [0, 0.1) is 11.3 Å². The van der Waals surface area contributed by atoms with Crippen LogP contribution >= 0.6 is 11.9 Å². The molecule has 0 radical (unpaired) electrons. The Morgan fingerprint density at radius 1 is 1.36 bits per heavy atom. The Bertz CT molecular complexity index is 260. The van der Waals surface area contributed by atoms with Crippen molar-refractivity contribution in [3.63, 3.8) is 0 Å². The van der Waals surface area contributed by atoms with Gasteiger partial charge in [0.05, 0.1) is 11.6 Å². The van der Waals surface area contributed by atoms with E-state index in [2.05, 4.69) is 10.8 Å². The second kappa shape index (κ2) is 3.89. The van der Waals surface area contributed by atoms with Gasteiger partial charge in [-0.25, -0.2) is 0 Å². The lowest BCUT2D eigenvalue weighted by Gasteiger charge is -1.99. The zero-order valence-electron chi connectivity index (χ0n) is 6.16. The summed E-state index contributed by atoms with van der Waals surface area (Å²) < 4.78 is 3.07. The molecule has 0 aromatic heterocycles. The number of anilines is 1. The molecule has 1 rings (SSSR count). The molecule has 0 aliphatic rings. The van der Waals surface area contributed by atoms with Gasteiger partial charge in [0.15, 0.2) is 0 Å². The average Bonchev–Trinajstić information content (AvgIpc) is 2.07. The van der Waals surface area contributed by atoms with Gasteiger partial charge in [0.25, 0.3) is 0 Å². The largest absolute Gasteiger partial charge is 0.330 e. The smallest absolute Gasteiger partial charge is 0.0991 e. The van der Waals surface area contributed by atoms with Gasteiger partial charge >= 0.3 is 0 Å². The van der Waals surface area contributed by atoms with Crippen LogP contribution in [0.5, 0.6) is 0 Å². The van der Waals surface area contributed by atoms with Crippen LogP contribution in [-0.4, -0.2) is 6.26 Å². The van der Waals surface area contributed by atoms with Gasteiger partial charge in [-0.15, -0.1) is 0 Å². The molecule has 0 saturated carbocycles. The lowest BCUT2D eigenvalue weighted by Crippen LogP contribution is -1.83. The minimum Gasteiger partial charge on any atom is -0.330 e.